The fourth-order valence-corrected chi connectivity index (χ4v) is 3.90. The van der Waals surface area contributed by atoms with E-state index in [-0.39, 0.29) is 12.5 Å². The maximum atomic E-state index is 12.3. The zero-order chi connectivity index (χ0) is 22.7. The molecule has 3 aromatic rings. The van der Waals surface area contributed by atoms with Crippen LogP contribution in [0.15, 0.2) is 42.5 Å². The van der Waals surface area contributed by atoms with Crippen LogP contribution < -0.4 is 15.0 Å². The van der Waals surface area contributed by atoms with Gasteiger partial charge in [0.05, 0.1) is 11.2 Å². The van der Waals surface area contributed by atoms with Gasteiger partial charge in [0, 0.05) is 43.3 Å². The van der Waals surface area contributed by atoms with Crippen molar-refractivity contribution in [3.63, 3.8) is 0 Å². The summed E-state index contributed by atoms with van der Waals surface area (Å²) in [5.41, 5.74) is 3.65. The third kappa shape index (κ3) is 5.16. The number of nitrogens with one attached hydrogen (secondary N) is 1. The highest BCUT2D eigenvalue weighted by Gasteiger charge is 2.21. The second-order valence-electron chi connectivity index (χ2n) is 8.61. The molecule has 1 aliphatic rings. The average molecular weight is 434 g/mol. The monoisotopic (exact) mass is 433 g/mol. The molecule has 0 atom stereocenters. The van der Waals surface area contributed by atoms with Gasteiger partial charge in [-0.2, -0.15) is 0 Å². The van der Waals surface area contributed by atoms with Crippen molar-refractivity contribution < 1.29 is 9.53 Å². The third-order valence-corrected chi connectivity index (χ3v) is 5.88. The highest BCUT2D eigenvalue weighted by atomic mass is 16.5. The molecule has 1 aromatic heterocycles. The van der Waals surface area contributed by atoms with Crippen molar-refractivity contribution in [2.45, 2.75) is 33.7 Å². The second kappa shape index (κ2) is 9.53. The maximum absolute atomic E-state index is 12.3. The summed E-state index contributed by atoms with van der Waals surface area (Å²) < 4.78 is 5.57. The summed E-state index contributed by atoms with van der Waals surface area (Å²) >= 11 is 0. The summed E-state index contributed by atoms with van der Waals surface area (Å²) in [7, 11) is 0. The van der Waals surface area contributed by atoms with Gasteiger partial charge >= 0.3 is 0 Å². The van der Waals surface area contributed by atoms with E-state index in [4.69, 9.17) is 14.7 Å². The summed E-state index contributed by atoms with van der Waals surface area (Å²) in [6, 6.07) is 13.9. The molecule has 1 N–H and O–H groups in total. The van der Waals surface area contributed by atoms with Crippen LogP contribution >= 0.6 is 0 Å². The number of carbonyl (C=O) groups excluding carboxylic acids is 1. The van der Waals surface area contributed by atoms with Gasteiger partial charge in [-0.25, -0.2) is 9.97 Å². The molecule has 32 heavy (non-hydrogen) atoms. The van der Waals surface area contributed by atoms with Gasteiger partial charge in [-0.1, -0.05) is 17.7 Å². The number of hydrogen-bond acceptors (Lipinski definition) is 6. The molecule has 1 saturated heterocycles. The highest BCUT2D eigenvalue weighted by Crippen LogP contribution is 2.24. The number of nitrogens with zero attached hydrogens (tertiary/aromatic N) is 4. The quantitative estimate of drug-likeness (QED) is 0.638. The molecule has 1 aliphatic heterocycles. The Hall–Kier alpha value is -3.19. The first kappa shape index (κ1) is 22.0. The highest BCUT2D eigenvalue weighted by molar-refractivity contribution is 5.95. The Kier molecular flexibility index (Phi) is 6.55. The molecule has 0 spiro atoms. The topological polar surface area (TPSA) is 70.6 Å². The first-order chi connectivity index (χ1) is 15.4. The predicted octanol–water partition coefficient (Wildman–Crippen LogP) is 3.79. The largest absolute Gasteiger partial charge is 0.484 e. The SMILES string of the molecule is Cc1ccc(OCC(=O)Nc2ccc3nc(N4CCN(C(C)C)CC4)nc(C)c3c2)cc1. The summed E-state index contributed by atoms with van der Waals surface area (Å²) in [6.45, 7) is 12.3. The van der Waals surface area contributed by atoms with E-state index >= 15 is 0 Å². The number of amides is 1. The standard InChI is InChI=1S/C25H31N5O2/c1-17(2)29-11-13-30(14-12-29)25-26-19(4)22-15-20(7-10-23(22)28-25)27-24(31)16-32-21-8-5-18(3)6-9-21/h5-10,15,17H,11-14,16H2,1-4H3,(H,27,31). The Bertz CT molecular complexity index is 1090. The molecule has 0 radical (unpaired) electrons. The number of hydrogen-bond donors (Lipinski definition) is 1. The number of aryl methyl sites for hydroxylation is 2. The fraction of sp³-hybridized carbons (Fsp3) is 0.400. The lowest BCUT2D eigenvalue weighted by atomic mass is 10.1. The van der Waals surface area contributed by atoms with Crippen LogP contribution in [-0.4, -0.2) is 59.6 Å². The summed E-state index contributed by atoms with van der Waals surface area (Å²) in [5.74, 6) is 1.25. The van der Waals surface area contributed by atoms with Crippen LogP contribution in [0.5, 0.6) is 5.75 Å². The minimum atomic E-state index is -0.205. The summed E-state index contributed by atoms with van der Waals surface area (Å²) in [6.07, 6.45) is 0. The van der Waals surface area contributed by atoms with Crippen LogP contribution in [0.1, 0.15) is 25.1 Å². The van der Waals surface area contributed by atoms with Crippen LogP contribution in [0.4, 0.5) is 11.6 Å². The number of carbonyl (C=O) groups is 1. The molecule has 2 aromatic carbocycles. The van der Waals surface area contributed by atoms with E-state index < -0.39 is 0 Å². The number of ether oxygens (including phenoxy) is 1. The van der Waals surface area contributed by atoms with Gasteiger partial charge in [0.15, 0.2) is 6.61 Å². The van der Waals surface area contributed by atoms with Gasteiger partial charge in [0.25, 0.3) is 5.91 Å². The van der Waals surface area contributed by atoms with Crippen LogP contribution in [0, 0.1) is 13.8 Å². The number of rotatable bonds is 6. The first-order valence-corrected chi connectivity index (χ1v) is 11.2. The smallest absolute Gasteiger partial charge is 0.262 e. The van der Waals surface area contributed by atoms with Crippen molar-refractivity contribution in [2.75, 3.05) is 43.0 Å². The van der Waals surface area contributed by atoms with Crippen LogP contribution in [0.25, 0.3) is 10.9 Å². The third-order valence-electron chi connectivity index (χ3n) is 5.88. The number of piperazine rings is 1. The van der Waals surface area contributed by atoms with E-state index in [9.17, 15) is 4.79 Å². The van der Waals surface area contributed by atoms with Crippen molar-refractivity contribution in [1.82, 2.24) is 14.9 Å². The zero-order valence-electron chi connectivity index (χ0n) is 19.3. The molecule has 7 nitrogen and oxygen atoms in total. The van der Waals surface area contributed by atoms with Crippen molar-refractivity contribution in [1.29, 1.82) is 0 Å². The van der Waals surface area contributed by atoms with E-state index in [2.05, 4.69) is 29.0 Å². The fourth-order valence-electron chi connectivity index (χ4n) is 3.90. The Morgan fingerprint density at radius 3 is 2.44 bits per heavy atom. The van der Waals surface area contributed by atoms with E-state index in [1.807, 2.05) is 56.3 Å². The Labute approximate surface area is 189 Å². The molecule has 2 heterocycles. The lowest BCUT2D eigenvalue weighted by molar-refractivity contribution is -0.118. The van der Waals surface area contributed by atoms with E-state index in [1.54, 1.807) is 0 Å². The molecule has 1 fully saturated rings. The number of aromatic nitrogens is 2. The average Bonchev–Trinajstić information content (AvgIpc) is 2.79. The van der Waals surface area contributed by atoms with Crippen LogP contribution in [0.2, 0.25) is 0 Å². The second-order valence-corrected chi connectivity index (χ2v) is 8.61. The molecule has 0 bridgehead atoms. The van der Waals surface area contributed by atoms with Gasteiger partial charge in [-0.05, 0) is 58.0 Å². The molecular weight excluding hydrogens is 402 g/mol. The Balaban J connectivity index is 1.41. The van der Waals surface area contributed by atoms with E-state index in [1.165, 1.54) is 0 Å². The van der Waals surface area contributed by atoms with Crippen molar-refractivity contribution in [3.05, 3.63) is 53.7 Å². The normalized spacial score (nSPS) is 14.7. The molecule has 0 saturated carbocycles. The molecule has 0 unspecified atom stereocenters. The molecule has 4 rings (SSSR count). The van der Waals surface area contributed by atoms with Gasteiger partial charge in [0.1, 0.15) is 5.75 Å². The summed E-state index contributed by atoms with van der Waals surface area (Å²) in [5, 5.41) is 3.84. The van der Waals surface area contributed by atoms with E-state index in [0.29, 0.717) is 17.5 Å². The van der Waals surface area contributed by atoms with Crippen LogP contribution in [0.3, 0.4) is 0 Å². The molecule has 7 heteroatoms. The maximum Gasteiger partial charge on any atom is 0.262 e. The molecule has 0 aliphatic carbocycles. The Morgan fingerprint density at radius 2 is 1.75 bits per heavy atom. The first-order valence-electron chi connectivity index (χ1n) is 11.2. The molecule has 168 valence electrons. The Morgan fingerprint density at radius 1 is 1.03 bits per heavy atom. The van der Waals surface area contributed by atoms with Crippen LogP contribution in [-0.2, 0) is 4.79 Å². The minimum Gasteiger partial charge on any atom is -0.484 e. The lowest BCUT2D eigenvalue weighted by Gasteiger charge is -2.37. The van der Waals surface area contributed by atoms with Crippen molar-refractivity contribution in [3.8, 4) is 5.75 Å². The van der Waals surface area contributed by atoms with Gasteiger partial charge in [0.2, 0.25) is 5.95 Å². The van der Waals surface area contributed by atoms with Gasteiger partial charge in [-0.15, -0.1) is 0 Å². The summed E-state index contributed by atoms with van der Waals surface area (Å²) in [4.78, 5) is 26.6. The van der Waals surface area contributed by atoms with Crippen molar-refractivity contribution in [2.24, 2.45) is 0 Å². The number of fused-ring (bicyclic) bond motifs is 1. The predicted molar refractivity (Wildman–Crippen MR) is 129 cm³/mol. The number of anilines is 2. The number of benzene rings is 2. The minimum absolute atomic E-state index is 0.0438. The van der Waals surface area contributed by atoms with Gasteiger partial charge < -0.3 is 15.0 Å². The van der Waals surface area contributed by atoms with E-state index in [0.717, 1.165) is 54.3 Å². The lowest BCUT2D eigenvalue weighted by Crippen LogP contribution is -2.49. The van der Waals surface area contributed by atoms with Crippen molar-refractivity contribution >= 4 is 28.4 Å². The molecule has 1 amide bonds. The zero-order valence-corrected chi connectivity index (χ0v) is 19.3. The molecular formula is C25H31N5O2. The van der Waals surface area contributed by atoms with Gasteiger partial charge in [-0.3, -0.25) is 9.69 Å².